The fourth-order valence-electron chi connectivity index (χ4n) is 2.12. The quantitative estimate of drug-likeness (QED) is 0.767. The van der Waals surface area contributed by atoms with E-state index in [1.807, 2.05) is 0 Å². The molecule has 1 aliphatic heterocycles. The predicted octanol–water partition coefficient (Wildman–Crippen LogP) is 1.83. The summed E-state index contributed by atoms with van der Waals surface area (Å²) in [4.78, 5) is 37.1. The van der Waals surface area contributed by atoms with Crippen molar-refractivity contribution in [3.8, 4) is 0 Å². The molecule has 1 aliphatic rings. The molecule has 106 valence electrons. The van der Waals surface area contributed by atoms with E-state index in [0.717, 1.165) is 0 Å². The number of rotatable bonds is 1. The minimum Gasteiger partial charge on any atom is -0.341 e. The van der Waals surface area contributed by atoms with E-state index in [2.05, 4.69) is 10.6 Å². The zero-order valence-corrected chi connectivity index (χ0v) is 11.9. The first-order valence-electron chi connectivity index (χ1n) is 6.27. The number of benzene rings is 1. The summed E-state index contributed by atoms with van der Waals surface area (Å²) in [6.07, 6.45) is 0. The topological polar surface area (TPSA) is 78.5 Å². The SMILES string of the molecule is CNC(=O)Nc1ccc2c(c1)C(=O)N(C(C)(C)C)C2=O. The Kier molecular flexibility index (Phi) is 3.25. The van der Waals surface area contributed by atoms with Crippen molar-refractivity contribution in [3.05, 3.63) is 29.3 Å². The van der Waals surface area contributed by atoms with Gasteiger partial charge in [-0.05, 0) is 39.0 Å². The minimum atomic E-state index is -0.582. The maximum Gasteiger partial charge on any atom is 0.318 e. The molecular weight excluding hydrogens is 258 g/mol. The lowest BCUT2D eigenvalue weighted by molar-refractivity contribution is 0.0508. The first-order valence-corrected chi connectivity index (χ1v) is 6.27. The van der Waals surface area contributed by atoms with Crippen molar-refractivity contribution in [2.24, 2.45) is 0 Å². The van der Waals surface area contributed by atoms with Gasteiger partial charge in [-0.3, -0.25) is 14.5 Å². The molecule has 0 fully saturated rings. The maximum absolute atomic E-state index is 12.3. The molecule has 6 nitrogen and oxygen atoms in total. The lowest BCUT2D eigenvalue weighted by Crippen LogP contribution is -2.45. The van der Waals surface area contributed by atoms with E-state index in [0.29, 0.717) is 16.8 Å². The Morgan fingerprint density at radius 3 is 2.25 bits per heavy atom. The molecule has 0 unspecified atom stereocenters. The van der Waals surface area contributed by atoms with Crippen molar-refractivity contribution < 1.29 is 14.4 Å². The number of amides is 4. The van der Waals surface area contributed by atoms with Crippen molar-refractivity contribution >= 4 is 23.5 Å². The summed E-state index contributed by atoms with van der Waals surface area (Å²) >= 11 is 0. The lowest BCUT2D eigenvalue weighted by atomic mass is 10.1. The summed E-state index contributed by atoms with van der Waals surface area (Å²) in [5, 5.41) is 5.00. The van der Waals surface area contributed by atoms with Gasteiger partial charge < -0.3 is 10.6 Å². The first kappa shape index (κ1) is 14.0. The fourth-order valence-corrected chi connectivity index (χ4v) is 2.12. The standard InChI is InChI=1S/C14H17N3O3/c1-14(2,3)17-11(18)9-6-5-8(16-13(20)15-4)7-10(9)12(17)19/h5-7H,1-4H3,(H2,15,16,20). The van der Waals surface area contributed by atoms with Crippen LogP contribution in [0.5, 0.6) is 0 Å². The van der Waals surface area contributed by atoms with Crippen LogP contribution in [0.4, 0.5) is 10.5 Å². The zero-order chi connectivity index (χ0) is 15.1. The van der Waals surface area contributed by atoms with Gasteiger partial charge in [-0.2, -0.15) is 0 Å². The highest BCUT2D eigenvalue weighted by Gasteiger charge is 2.41. The molecule has 0 spiro atoms. The summed E-state index contributed by atoms with van der Waals surface area (Å²) in [5.74, 6) is -0.637. The van der Waals surface area contributed by atoms with Crippen LogP contribution < -0.4 is 10.6 Å². The lowest BCUT2D eigenvalue weighted by Gasteiger charge is -2.29. The second-order valence-electron chi connectivity index (χ2n) is 5.58. The van der Waals surface area contributed by atoms with Gasteiger partial charge in [0.25, 0.3) is 11.8 Å². The van der Waals surface area contributed by atoms with E-state index in [1.54, 1.807) is 32.9 Å². The van der Waals surface area contributed by atoms with Crippen molar-refractivity contribution in [1.29, 1.82) is 0 Å². The van der Waals surface area contributed by atoms with Crippen LogP contribution in [0.25, 0.3) is 0 Å². The summed E-state index contributed by atoms with van der Waals surface area (Å²) in [7, 11) is 1.50. The molecule has 0 aromatic heterocycles. The van der Waals surface area contributed by atoms with Gasteiger partial charge in [0.05, 0.1) is 11.1 Å². The van der Waals surface area contributed by atoms with Gasteiger partial charge in [-0.15, -0.1) is 0 Å². The third kappa shape index (κ3) is 2.24. The van der Waals surface area contributed by atoms with Crippen molar-refractivity contribution in [2.45, 2.75) is 26.3 Å². The molecule has 0 saturated carbocycles. The number of nitrogens with one attached hydrogen (secondary N) is 2. The summed E-state index contributed by atoms with van der Waals surface area (Å²) in [6.45, 7) is 5.41. The number of hydrogen-bond donors (Lipinski definition) is 2. The highest BCUT2D eigenvalue weighted by Crippen LogP contribution is 2.30. The summed E-state index contributed by atoms with van der Waals surface area (Å²) in [6, 6.07) is 4.31. The second-order valence-corrected chi connectivity index (χ2v) is 5.58. The molecule has 1 aromatic carbocycles. The number of anilines is 1. The van der Waals surface area contributed by atoms with Crippen molar-refractivity contribution in [1.82, 2.24) is 10.2 Å². The molecule has 20 heavy (non-hydrogen) atoms. The molecule has 2 N–H and O–H groups in total. The van der Waals surface area contributed by atoms with Gasteiger partial charge in [0.15, 0.2) is 0 Å². The smallest absolute Gasteiger partial charge is 0.318 e. The van der Waals surface area contributed by atoms with Crippen LogP contribution in [0.3, 0.4) is 0 Å². The number of urea groups is 1. The molecule has 0 bridgehead atoms. The van der Waals surface area contributed by atoms with E-state index in [9.17, 15) is 14.4 Å². The first-order chi connectivity index (χ1) is 9.25. The van der Waals surface area contributed by atoms with Gasteiger partial charge in [-0.25, -0.2) is 4.79 Å². The van der Waals surface area contributed by atoms with Crippen LogP contribution in [-0.2, 0) is 0 Å². The molecule has 2 rings (SSSR count). The third-order valence-electron chi connectivity index (χ3n) is 3.04. The van der Waals surface area contributed by atoms with Crippen LogP contribution in [0, 0.1) is 0 Å². The van der Waals surface area contributed by atoms with Gasteiger partial charge in [0.1, 0.15) is 0 Å². The van der Waals surface area contributed by atoms with Crippen molar-refractivity contribution in [3.63, 3.8) is 0 Å². The van der Waals surface area contributed by atoms with Crippen LogP contribution in [0.2, 0.25) is 0 Å². The normalized spacial score (nSPS) is 14.3. The molecule has 0 radical (unpaired) electrons. The summed E-state index contributed by atoms with van der Waals surface area (Å²) in [5.41, 5.74) is 0.577. The van der Waals surface area contributed by atoms with Gasteiger partial charge in [0, 0.05) is 18.3 Å². The Morgan fingerprint density at radius 1 is 1.10 bits per heavy atom. The Labute approximate surface area is 117 Å². The molecule has 1 aromatic rings. The average molecular weight is 275 g/mol. The van der Waals surface area contributed by atoms with Crippen LogP contribution >= 0.6 is 0 Å². The number of carbonyl (C=O) groups excluding carboxylic acids is 3. The number of fused-ring (bicyclic) bond motifs is 1. The minimum absolute atomic E-state index is 0.302. The Morgan fingerprint density at radius 2 is 1.70 bits per heavy atom. The summed E-state index contributed by atoms with van der Waals surface area (Å²) < 4.78 is 0. The van der Waals surface area contributed by atoms with Gasteiger partial charge >= 0.3 is 6.03 Å². The molecular formula is C14H17N3O3. The van der Waals surface area contributed by atoms with E-state index < -0.39 is 5.54 Å². The van der Waals surface area contributed by atoms with Gasteiger partial charge in [-0.1, -0.05) is 0 Å². The molecule has 0 atom stereocenters. The van der Waals surface area contributed by atoms with Crippen LogP contribution in [0.1, 0.15) is 41.5 Å². The van der Waals surface area contributed by atoms with Crippen molar-refractivity contribution in [2.75, 3.05) is 12.4 Å². The molecule has 4 amide bonds. The predicted molar refractivity (Wildman–Crippen MR) is 74.8 cm³/mol. The second kappa shape index (κ2) is 4.63. The van der Waals surface area contributed by atoms with Crippen LogP contribution in [0.15, 0.2) is 18.2 Å². The number of imide groups is 1. The van der Waals surface area contributed by atoms with E-state index >= 15 is 0 Å². The number of nitrogens with zero attached hydrogens (tertiary/aromatic N) is 1. The molecule has 0 saturated heterocycles. The third-order valence-corrected chi connectivity index (χ3v) is 3.04. The average Bonchev–Trinajstić information content (AvgIpc) is 2.61. The number of hydrogen-bond acceptors (Lipinski definition) is 3. The highest BCUT2D eigenvalue weighted by molar-refractivity contribution is 6.22. The monoisotopic (exact) mass is 275 g/mol. The van der Waals surface area contributed by atoms with E-state index in [4.69, 9.17) is 0 Å². The fraction of sp³-hybridized carbons (Fsp3) is 0.357. The Hall–Kier alpha value is -2.37. The molecule has 0 aliphatic carbocycles. The number of carbonyl (C=O) groups is 3. The maximum atomic E-state index is 12.3. The molecule has 6 heteroatoms. The highest BCUT2D eigenvalue weighted by atomic mass is 16.2. The van der Waals surface area contributed by atoms with Crippen LogP contribution in [-0.4, -0.2) is 35.3 Å². The van der Waals surface area contributed by atoms with E-state index in [1.165, 1.54) is 18.0 Å². The Balaban J connectivity index is 2.39. The largest absolute Gasteiger partial charge is 0.341 e. The van der Waals surface area contributed by atoms with E-state index in [-0.39, 0.29) is 17.8 Å². The molecule has 1 heterocycles. The Bertz CT molecular complexity index is 602. The van der Waals surface area contributed by atoms with Gasteiger partial charge in [0.2, 0.25) is 0 Å². The zero-order valence-electron chi connectivity index (χ0n) is 11.9.